The van der Waals surface area contributed by atoms with Crippen LogP contribution < -0.4 is 27.6 Å². The van der Waals surface area contributed by atoms with Crippen LogP contribution in [0.1, 0.15) is 25.6 Å². The third kappa shape index (κ3) is 5.28. The van der Waals surface area contributed by atoms with E-state index in [0.717, 1.165) is 28.1 Å². The molecule has 0 aliphatic heterocycles. The summed E-state index contributed by atoms with van der Waals surface area (Å²) in [7, 11) is 0. The molecule has 0 saturated carbocycles. The van der Waals surface area contributed by atoms with Crippen molar-refractivity contribution in [1.82, 2.24) is 4.98 Å². The minimum absolute atomic E-state index is 0.000603. The van der Waals surface area contributed by atoms with Crippen molar-refractivity contribution in [3.63, 3.8) is 0 Å². The highest BCUT2D eigenvalue weighted by Gasteiger charge is 2.29. The molecule has 0 fully saturated rings. The molecule has 4 aromatic heterocycles. The van der Waals surface area contributed by atoms with Crippen molar-refractivity contribution in [2.24, 2.45) is 0 Å². The molecule has 45 heavy (non-hydrogen) atoms. The van der Waals surface area contributed by atoms with Crippen LogP contribution in [0.5, 0.6) is 0 Å². The number of hydrogen-bond acceptors (Lipinski definition) is 11. The van der Waals surface area contributed by atoms with Crippen LogP contribution in [0.15, 0.2) is 115 Å². The second-order valence-corrected chi connectivity index (χ2v) is 11.7. The van der Waals surface area contributed by atoms with E-state index >= 15 is 0 Å². The van der Waals surface area contributed by atoms with E-state index in [4.69, 9.17) is 14.6 Å². The second-order valence-electron chi connectivity index (χ2n) is 9.83. The average molecular weight is 633 g/mol. The number of aromatic nitrogens is 1. The Morgan fingerprint density at radius 2 is 1.44 bits per heavy atom. The molecule has 7 aromatic rings. The number of thiophene rings is 1. The Hall–Kier alpha value is -5.85. The molecular weight excluding hydrogens is 613 g/mol. The number of nitrogens with two attached hydrogens (primary N) is 1. The number of nitrogens with zero attached hydrogens (tertiary/aromatic N) is 1. The number of amides is 1. The molecule has 0 spiro atoms. The van der Waals surface area contributed by atoms with Crippen molar-refractivity contribution in [3.8, 4) is 11.3 Å². The van der Waals surface area contributed by atoms with Crippen LogP contribution in [0.4, 0.5) is 21.5 Å². The standard InChI is InChI=1S/C33H20N4O6S2/c34-26-25(29(39)37-33-36-22(16-44-33)20-14-17-8-4-6-12-23(17)42-31(20)40)30(35-19-10-2-1-3-11-19)45-28(26)27(38)21-15-18-9-5-7-13-24(18)43-32(21)41/h1-16,35H,34H2,(H,36,37,39). The summed E-state index contributed by atoms with van der Waals surface area (Å²) in [6, 6.07) is 26.1. The van der Waals surface area contributed by atoms with Crippen LogP contribution in [0.25, 0.3) is 33.2 Å². The third-order valence-corrected chi connectivity index (χ3v) is 8.82. The minimum atomic E-state index is -0.816. The monoisotopic (exact) mass is 632 g/mol. The lowest BCUT2D eigenvalue weighted by Crippen LogP contribution is -2.17. The van der Waals surface area contributed by atoms with E-state index in [1.807, 2.05) is 30.3 Å². The topological polar surface area (TPSA) is 158 Å². The van der Waals surface area contributed by atoms with Crippen LogP contribution in [-0.4, -0.2) is 16.7 Å². The fraction of sp³-hybridized carbons (Fsp3) is 0. The van der Waals surface area contributed by atoms with Gasteiger partial charge in [0.2, 0.25) is 5.78 Å². The fourth-order valence-electron chi connectivity index (χ4n) is 4.78. The first-order chi connectivity index (χ1) is 21.9. The van der Waals surface area contributed by atoms with Gasteiger partial charge in [-0.05, 0) is 36.4 Å². The molecule has 4 N–H and O–H groups in total. The number of carbonyl (C=O) groups excluding carboxylic acids is 2. The van der Waals surface area contributed by atoms with Crippen LogP contribution in [-0.2, 0) is 0 Å². The van der Waals surface area contributed by atoms with Crippen molar-refractivity contribution in [2.45, 2.75) is 0 Å². The maximum Gasteiger partial charge on any atom is 0.347 e. The lowest BCUT2D eigenvalue weighted by molar-refractivity contribution is 0.102. The first kappa shape index (κ1) is 28.0. The SMILES string of the molecule is Nc1c(C(=O)c2cc3ccccc3oc2=O)sc(Nc2ccccc2)c1C(=O)Nc1nc(-c2cc3ccccc3oc2=O)cs1. The molecule has 0 radical (unpaired) electrons. The van der Waals surface area contributed by atoms with Gasteiger partial charge in [-0.3, -0.25) is 14.9 Å². The molecule has 7 rings (SSSR count). The number of anilines is 4. The normalized spacial score (nSPS) is 11.1. The van der Waals surface area contributed by atoms with E-state index in [2.05, 4.69) is 15.6 Å². The Labute approximate surface area is 261 Å². The zero-order valence-corrected chi connectivity index (χ0v) is 24.7. The van der Waals surface area contributed by atoms with Gasteiger partial charge >= 0.3 is 11.3 Å². The summed E-state index contributed by atoms with van der Waals surface area (Å²) >= 11 is 2.05. The van der Waals surface area contributed by atoms with Gasteiger partial charge in [0.1, 0.15) is 26.6 Å². The number of benzene rings is 3. The number of carbonyl (C=O) groups is 2. The number of nitrogens with one attached hydrogen (secondary N) is 2. The van der Waals surface area contributed by atoms with Crippen LogP contribution >= 0.6 is 22.7 Å². The van der Waals surface area contributed by atoms with E-state index in [1.165, 1.54) is 6.07 Å². The first-order valence-corrected chi connectivity index (χ1v) is 15.2. The Morgan fingerprint density at radius 1 is 0.800 bits per heavy atom. The van der Waals surface area contributed by atoms with Gasteiger partial charge in [-0.25, -0.2) is 14.6 Å². The van der Waals surface area contributed by atoms with Gasteiger partial charge in [-0.15, -0.1) is 22.7 Å². The quantitative estimate of drug-likeness (QED) is 0.126. The van der Waals surface area contributed by atoms with E-state index in [0.29, 0.717) is 27.9 Å². The van der Waals surface area contributed by atoms with Gasteiger partial charge in [0.25, 0.3) is 5.91 Å². The summed E-state index contributed by atoms with van der Waals surface area (Å²) in [4.78, 5) is 57.3. The second kappa shape index (κ2) is 11.3. The van der Waals surface area contributed by atoms with E-state index in [-0.39, 0.29) is 37.4 Å². The van der Waals surface area contributed by atoms with Gasteiger partial charge < -0.3 is 19.9 Å². The predicted molar refractivity (Wildman–Crippen MR) is 176 cm³/mol. The molecule has 10 nitrogen and oxygen atoms in total. The number of ketones is 1. The Bertz CT molecular complexity index is 2390. The van der Waals surface area contributed by atoms with Crippen LogP contribution in [0, 0.1) is 0 Å². The van der Waals surface area contributed by atoms with Crippen molar-refractivity contribution < 1.29 is 18.4 Å². The van der Waals surface area contributed by atoms with Gasteiger partial charge in [0, 0.05) is 21.8 Å². The fourth-order valence-corrected chi connectivity index (χ4v) is 6.57. The molecule has 0 unspecified atom stereocenters. The summed E-state index contributed by atoms with van der Waals surface area (Å²) in [5.74, 6) is -1.31. The van der Waals surface area contributed by atoms with E-state index in [1.54, 1.807) is 60.0 Å². The maximum atomic E-state index is 13.7. The van der Waals surface area contributed by atoms with Crippen molar-refractivity contribution >= 4 is 77.8 Å². The van der Waals surface area contributed by atoms with Gasteiger partial charge in [-0.2, -0.15) is 0 Å². The Balaban J connectivity index is 1.25. The summed E-state index contributed by atoms with van der Waals surface area (Å²) < 4.78 is 10.8. The van der Waals surface area contributed by atoms with Crippen LogP contribution in [0.3, 0.4) is 0 Å². The number of hydrogen-bond donors (Lipinski definition) is 3. The highest BCUT2D eigenvalue weighted by Crippen LogP contribution is 2.39. The molecular formula is C33H20N4O6S2. The molecule has 4 heterocycles. The zero-order chi connectivity index (χ0) is 31.1. The Morgan fingerprint density at radius 3 is 2.18 bits per heavy atom. The number of fused-ring (bicyclic) bond motifs is 2. The lowest BCUT2D eigenvalue weighted by atomic mass is 10.1. The molecule has 0 atom stereocenters. The lowest BCUT2D eigenvalue weighted by Gasteiger charge is -2.08. The summed E-state index contributed by atoms with van der Waals surface area (Å²) in [6.45, 7) is 0. The summed E-state index contributed by atoms with van der Waals surface area (Å²) in [5, 5.41) is 9.30. The number of para-hydroxylation sites is 3. The number of rotatable bonds is 7. The van der Waals surface area contributed by atoms with Gasteiger partial charge in [0.15, 0.2) is 5.13 Å². The maximum absolute atomic E-state index is 13.7. The molecule has 0 bridgehead atoms. The van der Waals surface area contributed by atoms with Gasteiger partial charge in [0.05, 0.1) is 22.5 Å². The number of nitrogen functional groups attached to an aromatic ring is 1. The highest BCUT2D eigenvalue weighted by atomic mass is 32.1. The highest BCUT2D eigenvalue weighted by molar-refractivity contribution is 7.19. The smallest absolute Gasteiger partial charge is 0.347 e. The van der Waals surface area contributed by atoms with E-state index in [9.17, 15) is 19.2 Å². The molecule has 12 heteroatoms. The van der Waals surface area contributed by atoms with Gasteiger partial charge in [-0.1, -0.05) is 54.6 Å². The number of thiazole rings is 1. The molecule has 220 valence electrons. The minimum Gasteiger partial charge on any atom is -0.422 e. The summed E-state index contributed by atoms with van der Waals surface area (Å²) in [6.07, 6.45) is 0. The zero-order valence-electron chi connectivity index (χ0n) is 23.0. The Kier molecular flexibility index (Phi) is 7.04. The average Bonchev–Trinajstić information content (AvgIpc) is 3.64. The largest absolute Gasteiger partial charge is 0.422 e. The first-order valence-electron chi connectivity index (χ1n) is 13.5. The molecule has 0 aliphatic carbocycles. The molecule has 0 aliphatic rings. The van der Waals surface area contributed by atoms with Crippen LogP contribution in [0.2, 0.25) is 0 Å². The van der Waals surface area contributed by atoms with Crippen molar-refractivity contribution in [1.29, 1.82) is 0 Å². The van der Waals surface area contributed by atoms with Crippen molar-refractivity contribution in [3.05, 3.63) is 133 Å². The van der Waals surface area contributed by atoms with Crippen molar-refractivity contribution in [2.75, 3.05) is 16.4 Å². The van der Waals surface area contributed by atoms with E-state index < -0.39 is 22.9 Å². The predicted octanol–water partition coefficient (Wildman–Crippen LogP) is 6.89. The molecule has 0 saturated heterocycles. The molecule has 3 aromatic carbocycles. The summed E-state index contributed by atoms with van der Waals surface area (Å²) in [5.41, 5.74) is 6.79. The molecule has 1 amide bonds. The third-order valence-electron chi connectivity index (χ3n) is 6.94.